The van der Waals surface area contributed by atoms with E-state index >= 15 is 0 Å². The number of rotatable bonds is 2. The molecule has 1 amide bonds. The minimum absolute atomic E-state index is 0.0965. The van der Waals surface area contributed by atoms with Crippen LogP contribution in [-0.2, 0) is 0 Å². The number of anilines is 1. The molecule has 1 heterocycles. The van der Waals surface area contributed by atoms with Crippen LogP contribution in [0.2, 0.25) is 0 Å². The number of amides is 1. The van der Waals surface area contributed by atoms with Crippen molar-refractivity contribution in [3.05, 3.63) is 29.3 Å². The van der Waals surface area contributed by atoms with E-state index in [1.54, 1.807) is 0 Å². The number of hydrogen-bond donors (Lipinski definition) is 3. The second-order valence-electron chi connectivity index (χ2n) is 5.04. The molecule has 0 saturated carbocycles. The molecule has 0 bridgehead atoms. The van der Waals surface area contributed by atoms with Gasteiger partial charge in [0.1, 0.15) is 5.69 Å². The summed E-state index contributed by atoms with van der Waals surface area (Å²) >= 11 is 0. The maximum atomic E-state index is 13.6. The fourth-order valence-electron chi connectivity index (χ4n) is 2.25. The first-order valence-corrected chi connectivity index (χ1v) is 6.37. The number of carbonyl (C=O) groups excluding carboxylic acids is 1. The third-order valence-electron chi connectivity index (χ3n) is 3.64. The highest BCUT2D eigenvalue weighted by molar-refractivity contribution is 5.94. The average molecular weight is 285 g/mol. The van der Waals surface area contributed by atoms with Crippen LogP contribution in [0.25, 0.3) is 0 Å². The van der Waals surface area contributed by atoms with E-state index in [1.165, 1.54) is 4.90 Å². The predicted octanol–water partition coefficient (Wildman–Crippen LogP) is 1.09. The van der Waals surface area contributed by atoms with E-state index in [-0.39, 0.29) is 18.0 Å². The van der Waals surface area contributed by atoms with Crippen molar-refractivity contribution in [2.45, 2.75) is 19.4 Å². The topological polar surface area (TPSA) is 78.6 Å². The van der Waals surface area contributed by atoms with Crippen LogP contribution in [0.1, 0.15) is 23.7 Å². The van der Waals surface area contributed by atoms with Crippen molar-refractivity contribution in [2.75, 3.05) is 18.5 Å². The summed E-state index contributed by atoms with van der Waals surface area (Å²) in [5.74, 6) is 2.74. The maximum absolute atomic E-state index is 13.6. The summed E-state index contributed by atoms with van der Waals surface area (Å²) < 4.78 is 27.1. The Morgan fingerprint density at radius 1 is 1.45 bits per heavy atom. The second kappa shape index (κ2) is 5.72. The summed E-state index contributed by atoms with van der Waals surface area (Å²) in [4.78, 5) is 13.6. The minimum atomic E-state index is -0.929. The first-order valence-electron chi connectivity index (χ1n) is 6.37. The van der Waals surface area contributed by atoms with Gasteiger partial charge in [0.15, 0.2) is 11.6 Å². The molecule has 1 saturated heterocycles. The van der Waals surface area contributed by atoms with E-state index in [0.717, 1.165) is 12.1 Å². The zero-order valence-corrected chi connectivity index (χ0v) is 11.1. The van der Waals surface area contributed by atoms with E-state index in [0.29, 0.717) is 13.0 Å². The zero-order chi connectivity index (χ0) is 14.9. The highest BCUT2D eigenvalue weighted by Crippen LogP contribution is 2.23. The van der Waals surface area contributed by atoms with Crippen molar-refractivity contribution >= 4 is 11.6 Å². The van der Waals surface area contributed by atoms with Crippen LogP contribution in [0, 0.1) is 17.6 Å². The molecule has 1 aromatic carbocycles. The van der Waals surface area contributed by atoms with E-state index in [4.69, 9.17) is 5.84 Å². The predicted molar refractivity (Wildman–Crippen MR) is 69.9 cm³/mol. The van der Waals surface area contributed by atoms with E-state index < -0.39 is 29.3 Å². The molecular formula is C13H17F2N3O2. The van der Waals surface area contributed by atoms with Gasteiger partial charge < -0.3 is 15.4 Å². The number of aliphatic hydroxyl groups excluding tert-OH is 1. The van der Waals surface area contributed by atoms with Gasteiger partial charge in [-0.2, -0.15) is 0 Å². The lowest BCUT2D eigenvalue weighted by molar-refractivity contribution is 0.0248. The Labute approximate surface area is 115 Å². The third-order valence-corrected chi connectivity index (χ3v) is 3.64. The van der Waals surface area contributed by atoms with E-state index in [1.807, 2.05) is 12.3 Å². The number of hydrogen-bond acceptors (Lipinski definition) is 4. The van der Waals surface area contributed by atoms with Crippen molar-refractivity contribution in [1.82, 2.24) is 4.90 Å². The Hall–Kier alpha value is -1.73. The van der Waals surface area contributed by atoms with Gasteiger partial charge in [0.25, 0.3) is 5.91 Å². The van der Waals surface area contributed by atoms with Crippen LogP contribution < -0.4 is 11.3 Å². The molecule has 110 valence electrons. The summed E-state index contributed by atoms with van der Waals surface area (Å²) in [6, 6.07) is 1.87. The van der Waals surface area contributed by atoms with Gasteiger partial charge in [-0.25, -0.2) is 8.78 Å². The molecule has 0 radical (unpaired) electrons. The van der Waals surface area contributed by atoms with E-state index in [9.17, 15) is 18.7 Å². The van der Waals surface area contributed by atoms with Gasteiger partial charge in [-0.05, 0) is 24.5 Å². The number of halogens is 2. The average Bonchev–Trinajstić information content (AvgIpc) is 2.40. The molecule has 20 heavy (non-hydrogen) atoms. The number of nitrogens with two attached hydrogens (primary N) is 1. The Balaban J connectivity index is 2.21. The van der Waals surface area contributed by atoms with Crippen molar-refractivity contribution in [2.24, 2.45) is 11.8 Å². The molecular weight excluding hydrogens is 268 g/mol. The first kappa shape index (κ1) is 14.7. The van der Waals surface area contributed by atoms with Gasteiger partial charge in [-0.15, -0.1) is 0 Å². The van der Waals surface area contributed by atoms with Gasteiger partial charge >= 0.3 is 0 Å². The molecule has 1 fully saturated rings. The maximum Gasteiger partial charge on any atom is 0.254 e. The SMILES string of the molecule is CC1CCN(C(=O)c2cc(F)c(NN)c(F)c2)CC1O. The smallest absolute Gasteiger partial charge is 0.254 e. The van der Waals surface area contributed by atoms with Crippen molar-refractivity contribution in [3.8, 4) is 0 Å². The van der Waals surface area contributed by atoms with Gasteiger partial charge in [0.2, 0.25) is 0 Å². The minimum Gasteiger partial charge on any atom is -0.391 e. The Kier molecular flexibility index (Phi) is 4.20. The number of benzene rings is 1. The first-order chi connectivity index (χ1) is 9.43. The number of carbonyl (C=O) groups is 1. The quantitative estimate of drug-likeness (QED) is 0.561. The van der Waals surface area contributed by atoms with Crippen LogP contribution in [0.4, 0.5) is 14.5 Å². The Morgan fingerprint density at radius 3 is 2.55 bits per heavy atom. The van der Waals surface area contributed by atoms with Crippen molar-refractivity contribution in [3.63, 3.8) is 0 Å². The molecule has 2 rings (SSSR count). The molecule has 2 unspecified atom stereocenters. The monoisotopic (exact) mass is 285 g/mol. The highest BCUT2D eigenvalue weighted by Gasteiger charge is 2.28. The number of piperidine rings is 1. The molecule has 0 spiro atoms. The van der Waals surface area contributed by atoms with Crippen LogP contribution in [0.5, 0.6) is 0 Å². The largest absolute Gasteiger partial charge is 0.391 e. The van der Waals surface area contributed by atoms with Crippen molar-refractivity contribution < 1.29 is 18.7 Å². The lowest BCUT2D eigenvalue weighted by atomic mass is 9.95. The zero-order valence-electron chi connectivity index (χ0n) is 11.1. The standard InChI is InChI=1S/C13H17F2N3O2/c1-7-2-3-18(6-11(7)19)13(20)8-4-9(14)12(17-16)10(15)5-8/h4-5,7,11,17,19H,2-3,6,16H2,1H3. The third kappa shape index (κ3) is 2.73. The molecule has 5 nitrogen and oxygen atoms in total. The number of nitrogens with zero attached hydrogens (tertiary/aromatic N) is 1. The fourth-order valence-corrected chi connectivity index (χ4v) is 2.25. The normalized spacial score (nSPS) is 22.8. The van der Waals surface area contributed by atoms with Crippen LogP contribution in [-0.4, -0.2) is 35.1 Å². The summed E-state index contributed by atoms with van der Waals surface area (Å²) in [5, 5.41) is 9.77. The summed E-state index contributed by atoms with van der Waals surface area (Å²) in [7, 11) is 0. The van der Waals surface area contributed by atoms with Gasteiger partial charge in [0, 0.05) is 18.7 Å². The number of nitrogens with one attached hydrogen (secondary N) is 1. The molecule has 7 heteroatoms. The lowest BCUT2D eigenvalue weighted by Gasteiger charge is -2.34. The molecule has 2 atom stereocenters. The van der Waals surface area contributed by atoms with Crippen LogP contribution >= 0.6 is 0 Å². The Morgan fingerprint density at radius 2 is 2.05 bits per heavy atom. The number of likely N-dealkylation sites (tertiary alicyclic amines) is 1. The number of β-amino-alcohol motifs (C(OH)–C–C–N with tert-alkyl or cyclic N) is 1. The van der Waals surface area contributed by atoms with Gasteiger partial charge in [-0.3, -0.25) is 10.6 Å². The fraction of sp³-hybridized carbons (Fsp3) is 0.462. The number of hydrazine groups is 1. The number of nitrogen functional groups attached to an aromatic ring is 1. The highest BCUT2D eigenvalue weighted by atomic mass is 19.1. The summed E-state index contributed by atoms with van der Waals surface area (Å²) in [6.07, 6.45) is 0.0349. The molecule has 1 aromatic rings. The number of aliphatic hydroxyl groups is 1. The lowest BCUT2D eigenvalue weighted by Crippen LogP contribution is -2.45. The summed E-state index contributed by atoms with van der Waals surface area (Å²) in [6.45, 7) is 2.52. The summed E-state index contributed by atoms with van der Waals surface area (Å²) in [5.41, 5.74) is 1.33. The van der Waals surface area contributed by atoms with Gasteiger partial charge in [-0.1, -0.05) is 6.92 Å². The van der Waals surface area contributed by atoms with Crippen LogP contribution in [0.3, 0.4) is 0 Å². The van der Waals surface area contributed by atoms with Gasteiger partial charge in [0.05, 0.1) is 6.10 Å². The molecule has 1 aliphatic rings. The molecule has 0 aliphatic carbocycles. The second-order valence-corrected chi connectivity index (χ2v) is 5.04. The molecule has 1 aliphatic heterocycles. The molecule has 0 aromatic heterocycles. The molecule has 4 N–H and O–H groups in total. The Bertz CT molecular complexity index is 501. The van der Waals surface area contributed by atoms with E-state index in [2.05, 4.69) is 0 Å². The van der Waals surface area contributed by atoms with Crippen LogP contribution in [0.15, 0.2) is 12.1 Å². The van der Waals surface area contributed by atoms with Crippen molar-refractivity contribution in [1.29, 1.82) is 0 Å².